The average molecular weight is 251 g/mol. The Morgan fingerprint density at radius 3 is 3.11 bits per heavy atom. The van der Waals surface area contributed by atoms with Gasteiger partial charge in [0.05, 0.1) is 6.61 Å². The number of benzene rings is 1. The number of nitrogens with two attached hydrogens (primary N) is 1. The summed E-state index contributed by atoms with van der Waals surface area (Å²) < 4.78 is 24.4. The van der Waals surface area contributed by atoms with E-state index in [1.807, 2.05) is 0 Å². The third kappa shape index (κ3) is 2.35. The van der Waals surface area contributed by atoms with E-state index in [-0.39, 0.29) is 17.5 Å². The maximum absolute atomic E-state index is 13.1. The van der Waals surface area contributed by atoms with Crippen LogP contribution in [0.3, 0.4) is 0 Å². The summed E-state index contributed by atoms with van der Waals surface area (Å²) in [6.07, 6.45) is 3.53. The van der Waals surface area contributed by atoms with Crippen LogP contribution in [-0.2, 0) is 11.2 Å². The van der Waals surface area contributed by atoms with Crippen molar-refractivity contribution < 1.29 is 13.9 Å². The van der Waals surface area contributed by atoms with Crippen LogP contribution in [0.5, 0.6) is 5.75 Å². The molecule has 2 N–H and O–H groups in total. The number of ether oxygens (including phenoxy) is 2. The van der Waals surface area contributed by atoms with E-state index in [1.165, 1.54) is 6.07 Å². The van der Waals surface area contributed by atoms with E-state index in [9.17, 15) is 4.39 Å². The standard InChI is InChI=1S/C14H18FNO2/c15-11-2-3-13-10(6-11)7-12(18-13)8-14(16)4-1-5-17-9-14/h2-3,6,12H,1,4-5,7-9,16H2. The minimum atomic E-state index is -0.288. The molecular formula is C14H18FNO2. The first-order chi connectivity index (χ1) is 8.65. The largest absolute Gasteiger partial charge is 0.490 e. The Kier molecular flexibility index (Phi) is 2.99. The second-order valence-corrected chi connectivity index (χ2v) is 5.42. The van der Waals surface area contributed by atoms with Crippen LogP contribution in [0.15, 0.2) is 18.2 Å². The fraction of sp³-hybridized carbons (Fsp3) is 0.571. The smallest absolute Gasteiger partial charge is 0.123 e. The van der Waals surface area contributed by atoms with E-state index in [1.54, 1.807) is 12.1 Å². The van der Waals surface area contributed by atoms with E-state index < -0.39 is 0 Å². The SMILES string of the molecule is NC1(CC2Cc3cc(F)ccc3O2)CCCOC1. The van der Waals surface area contributed by atoms with Crippen LogP contribution in [0.1, 0.15) is 24.8 Å². The van der Waals surface area contributed by atoms with Crippen LogP contribution in [0.25, 0.3) is 0 Å². The maximum atomic E-state index is 13.1. The molecule has 2 aliphatic heterocycles. The summed E-state index contributed by atoms with van der Waals surface area (Å²) in [5.41, 5.74) is 6.98. The molecule has 1 saturated heterocycles. The monoisotopic (exact) mass is 251 g/mol. The van der Waals surface area contributed by atoms with Gasteiger partial charge in [0, 0.05) is 30.6 Å². The summed E-state index contributed by atoms with van der Waals surface area (Å²) >= 11 is 0. The van der Waals surface area contributed by atoms with E-state index in [2.05, 4.69) is 0 Å². The van der Waals surface area contributed by atoms with E-state index in [4.69, 9.17) is 15.2 Å². The lowest BCUT2D eigenvalue weighted by Gasteiger charge is -2.34. The van der Waals surface area contributed by atoms with Crippen LogP contribution in [0.2, 0.25) is 0 Å². The lowest BCUT2D eigenvalue weighted by atomic mass is 9.86. The molecule has 1 aromatic rings. The maximum Gasteiger partial charge on any atom is 0.123 e. The summed E-state index contributed by atoms with van der Waals surface area (Å²) in [6.45, 7) is 1.40. The number of rotatable bonds is 2. The van der Waals surface area contributed by atoms with Crippen LogP contribution in [0, 0.1) is 5.82 Å². The van der Waals surface area contributed by atoms with Crippen molar-refractivity contribution in [1.29, 1.82) is 0 Å². The molecule has 0 aliphatic carbocycles. The van der Waals surface area contributed by atoms with Gasteiger partial charge in [-0.05, 0) is 31.0 Å². The fourth-order valence-electron chi connectivity index (χ4n) is 2.89. The molecule has 3 nitrogen and oxygen atoms in total. The van der Waals surface area contributed by atoms with Gasteiger partial charge in [-0.25, -0.2) is 4.39 Å². The Labute approximate surface area is 106 Å². The highest BCUT2D eigenvalue weighted by Crippen LogP contribution is 2.33. The summed E-state index contributed by atoms with van der Waals surface area (Å²) in [6, 6.07) is 4.68. The predicted molar refractivity (Wildman–Crippen MR) is 66.1 cm³/mol. The van der Waals surface area contributed by atoms with Crippen molar-refractivity contribution in [1.82, 2.24) is 0 Å². The van der Waals surface area contributed by atoms with Crippen LogP contribution < -0.4 is 10.5 Å². The Hall–Kier alpha value is -1.13. The normalized spacial score (nSPS) is 30.9. The van der Waals surface area contributed by atoms with Crippen molar-refractivity contribution >= 4 is 0 Å². The van der Waals surface area contributed by atoms with Gasteiger partial charge in [-0.2, -0.15) is 0 Å². The zero-order valence-corrected chi connectivity index (χ0v) is 10.3. The van der Waals surface area contributed by atoms with Gasteiger partial charge >= 0.3 is 0 Å². The summed E-state index contributed by atoms with van der Waals surface area (Å²) in [4.78, 5) is 0. The second kappa shape index (κ2) is 4.52. The second-order valence-electron chi connectivity index (χ2n) is 5.42. The minimum Gasteiger partial charge on any atom is -0.490 e. The van der Waals surface area contributed by atoms with Crippen molar-refractivity contribution in [3.05, 3.63) is 29.6 Å². The lowest BCUT2D eigenvalue weighted by molar-refractivity contribution is 0.0193. The zero-order valence-electron chi connectivity index (χ0n) is 10.3. The van der Waals surface area contributed by atoms with Crippen LogP contribution >= 0.6 is 0 Å². The van der Waals surface area contributed by atoms with Gasteiger partial charge in [0.25, 0.3) is 0 Å². The van der Waals surface area contributed by atoms with Gasteiger partial charge in [-0.15, -0.1) is 0 Å². The van der Waals surface area contributed by atoms with Gasteiger partial charge in [-0.3, -0.25) is 0 Å². The van der Waals surface area contributed by atoms with Gasteiger partial charge < -0.3 is 15.2 Å². The number of halogens is 1. The highest BCUT2D eigenvalue weighted by molar-refractivity contribution is 5.38. The van der Waals surface area contributed by atoms with Crippen molar-refractivity contribution in [3.8, 4) is 5.75 Å². The molecule has 0 amide bonds. The van der Waals surface area contributed by atoms with Crippen molar-refractivity contribution in [2.24, 2.45) is 5.73 Å². The minimum absolute atomic E-state index is 0.0495. The van der Waals surface area contributed by atoms with Gasteiger partial charge in [-0.1, -0.05) is 0 Å². The topological polar surface area (TPSA) is 44.5 Å². The highest BCUT2D eigenvalue weighted by atomic mass is 19.1. The third-order valence-electron chi connectivity index (χ3n) is 3.75. The van der Waals surface area contributed by atoms with E-state index >= 15 is 0 Å². The molecule has 2 heterocycles. The van der Waals surface area contributed by atoms with Gasteiger partial charge in [0.1, 0.15) is 17.7 Å². The summed E-state index contributed by atoms with van der Waals surface area (Å²) in [5.74, 6) is 0.586. The van der Waals surface area contributed by atoms with Gasteiger partial charge in [0.15, 0.2) is 0 Å². The fourth-order valence-corrected chi connectivity index (χ4v) is 2.89. The Morgan fingerprint density at radius 1 is 1.44 bits per heavy atom. The first-order valence-corrected chi connectivity index (χ1v) is 6.46. The van der Waals surface area contributed by atoms with Crippen molar-refractivity contribution in [2.45, 2.75) is 37.3 Å². The molecule has 3 rings (SSSR count). The molecule has 1 fully saturated rings. The molecule has 0 radical (unpaired) electrons. The molecule has 0 spiro atoms. The Morgan fingerprint density at radius 2 is 2.33 bits per heavy atom. The molecule has 2 atom stereocenters. The first kappa shape index (κ1) is 11.9. The third-order valence-corrected chi connectivity index (χ3v) is 3.75. The lowest BCUT2D eigenvalue weighted by Crippen LogP contribution is -2.50. The molecule has 4 heteroatoms. The zero-order chi connectivity index (χ0) is 12.6. The number of hydrogen-bond acceptors (Lipinski definition) is 3. The number of hydrogen-bond donors (Lipinski definition) is 1. The average Bonchev–Trinajstić information content (AvgIpc) is 2.70. The summed E-state index contributed by atoms with van der Waals surface area (Å²) in [7, 11) is 0. The molecule has 98 valence electrons. The quantitative estimate of drug-likeness (QED) is 0.874. The molecule has 0 bridgehead atoms. The molecule has 1 aromatic carbocycles. The molecule has 0 saturated carbocycles. The molecule has 2 unspecified atom stereocenters. The Balaban J connectivity index is 1.67. The van der Waals surface area contributed by atoms with E-state index in [0.717, 1.165) is 43.6 Å². The van der Waals surface area contributed by atoms with E-state index in [0.29, 0.717) is 6.61 Å². The highest BCUT2D eigenvalue weighted by Gasteiger charge is 2.35. The summed E-state index contributed by atoms with van der Waals surface area (Å²) in [5, 5.41) is 0. The van der Waals surface area contributed by atoms with Gasteiger partial charge in [0.2, 0.25) is 0 Å². The molecule has 0 aromatic heterocycles. The molecule has 18 heavy (non-hydrogen) atoms. The Bertz CT molecular complexity index is 443. The van der Waals surface area contributed by atoms with Crippen LogP contribution in [-0.4, -0.2) is 24.9 Å². The van der Waals surface area contributed by atoms with Crippen molar-refractivity contribution in [3.63, 3.8) is 0 Å². The van der Waals surface area contributed by atoms with Crippen molar-refractivity contribution in [2.75, 3.05) is 13.2 Å². The molecular weight excluding hydrogens is 233 g/mol. The predicted octanol–water partition coefficient (Wildman–Crippen LogP) is 2.03. The molecule has 2 aliphatic rings. The van der Waals surface area contributed by atoms with Crippen LogP contribution in [0.4, 0.5) is 4.39 Å². The number of fused-ring (bicyclic) bond motifs is 1. The first-order valence-electron chi connectivity index (χ1n) is 6.46.